The molecular formula is C12H23NO2. The lowest BCUT2D eigenvalue weighted by Crippen LogP contribution is -2.54. The molecule has 0 bridgehead atoms. The zero-order valence-corrected chi connectivity index (χ0v) is 10.2. The van der Waals surface area contributed by atoms with E-state index in [1.807, 2.05) is 0 Å². The van der Waals surface area contributed by atoms with Crippen molar-refractivity contribution in [2.24, 2.45) is 11.3 Å². The largest absolute Gasteiger partial charge is 0.481 e. The molecule has 1 fully saturated rings. The van der Waals surface area contributed by atoms with E-state index in [4.69, 9.17) is 5.11 Å². The molecule has 88 valence electrons. The first kappa shape index (κ1) is 12.5. The summed E-state index contributed by atoms with van der Waals surface area (Å²) in [5.74, 6) is -0.123. The van der Waals surface area contributed by atoms with Crippen LogP contribution in [0.15, 0.2) is 0 Å². The summed E-state index contributed by atoms with van der Waals surface area (Å²) < 4.78 is 0. The van der Waals surface area contributed by atoms with Crippen molar-refractivity contribution in [1.82, 2.24) is 5.32 Å². The van der Waals surface area contributed by atoms with E-state index in [1.54, 1.807) is 0 Å². The van der Waals surface area contributed by atoms with E-state index < -0.39 is 5.97 Å². The van der Waals surface area contributed by atoms with E-state index in [-0.39, 0.29) is 17.9 Å². The fraction of sp³-hybridized carbons (Fsp3) is 0.917. The number of carbonyl (C=O) groups is 1. The van der Waals surface area contributed by atoms with Gasteiger partial charge in [-0.1, -0.05) is 27.7 Å². The average molecular weight is 213 g/mol. The van der Waals surface area contributed by atoms with E-state index in [0.29, 0.717) is 12.0 Å². The molecule has 3 heteroatoms. The van der Waals surface area contributed by atoms with Gasteiger partial charge in [0.15, 0.2) is 0 Å². The fourth-order valence-electron chi connectivity index (χ4n) is 2.30. The lowest BCUT2D eigenvalue weighted by atomic mass is 9.73. The highest BCUT2D eigenvalue weighted by Gasteiger charge is 2.37. The molecule has 1 saturated heterocycles. The molecule has 1 rings (SSSR count). The Morgan fingerprint density at radius 2 is 2.13 bits per heavy atom. The number of carboxylic acid groups (broad SMARTS) is 1. The highest BCUT2D eigenvalue weighted by atomic mass is 16.4. The molecule has 0 saturated carbocycles. The van der Waals surface area contributed by atoms with Gasteiger partial charge in [0.1, 0.15) is 0 Å². The third-order valence-corrected chi connectivity index (χ3v) is 3.64. The van der Waals surface area contributed by atoms with Crippen LogP contribution < -0.4 is 5.32 Å². The normalized spacial score (nSPS) is 30.5. The number of rotatable bonds is 3. The van der Waals surface area contributed by atoms with E-state index in [1.165, 1.54) is 0 Å². The number of carboxylic acids is 1. The van der Waals surface area contributed by atoms with Crippen LogP contribution in [0.2, 0.25) is 0 Å². The van der Waals surface area contributed by atoms with Gasteiger partial charge in [0.2, 0.25) is 0 Å². The van der Waals surface area contributed by atoms with Crippen LogP contribution in [0.5, 0.6) is 0 Å². The van der Waals surface area contributed by atoms with Crippen molar-refractivity contribution in [2.45, 2.75) is 59.0 Å². The van der Waals surface area contributed by atoms with E-state index in [0.717, 1.165) is 12.8 Å². The molecule has 0 aromatic rings. The summed E-state index contributed by atoms with van der Waals surface area (Å²) in [6.07, 6.45) is 2.50. The molecule has 0 amide bonds. The molecule has 3 nitrogen and oxygen atoms in total. The summed E-state index contributed by atoms with van der Waals surface area (Å²) in [4.78, 5) is 10.8. The molecule has 1 aliphatic heterocycles. The van der Waals surface area contributed by atoms with E-state index >= 15 is 0 Å². The van der Waals surface area contributed by atoms with E-state index in [2.05, 4.69) is 33.0 Å². The van der Waals surface area contributed by atoms with Crippen molar-refractivity contribution in [3.05, 3.63) is 0 Å². The highest BCUT2D eigenvalue weighted by Crippen LogP contribution is 2.35. The van der Waals surface area contributed by atoms with Crippen molar-refractivity contribution in [3.8, 4) is 0 Å². The molecule has 1 aliphatic rings. The van der Waals surface area contributed by atoms with Crippen LogP contribution in [0, 0.1) is 11.3 Å². The zero-order chi connectivity index (χ0) is 11.6. The second-order valence-electron chi connectivity index (χ2n) is 5.69. The SMILES string of the molecule is CC(C)[C@@H]1CCC(C)(C)[C@H](CC(=O)O)N1. The van der Waals surface area contributed by atoms with Gasteiger partial charge >= 0.3 is 5.97 Å². The Hall–Kier alpha value is -0.570. The molecule has 2 N–H and O–H groups in total. The van der Waals surface area contributed by atoms with Crippen molar-refractivity contribution >= 4 is 5.97 Å². The summed E-state index contributed by atoms with van der Waals surface area (Å²) in [6, 6.07) is 0.582. The van der Waals surface area contributed by atoms with Gasteiger partial charge in [-0.15, -0.1) is 0 Å². The molecule has 2 atom stereocenters. The van der Waals surface area contributed by atoms with Gasteiger partial charge in [-0.05, 0) is 24.2 Å². The number of piperidine rings is 1. The van der Waals surface area contributed by atoms with Crippen molar-refractivity contribution in [3.63, 3.8) is 0 Å². The summed E-state index contributed by atoms with van der Waals surface area (Å²) >= 11 is 0. The Morgan fingerprint density at radius 3 is 2.60 bits per heavy atom. The third kappa shape index (κ3) is 3.20. The molecule has 0 aromatic heterocycles. The molecule has 0 radical (unpaired) electrons. The topological polar surface area (TPSA) is 49.3 Å². The minimum Gasteiger partial charge on any atom is -0.481 e. The van der Waals surface area contributed by atoms with Crippen LogP contribution in [0.3, 0.4) is 0 Å². The maximum atomic E-state index is 10.8. The minimum absolute atomic E-state index is 0.101. The van der Waals surface area contributed by atoms with Gasteiger partial charge in [-0.2, -0.15) is 0 Å². The average Bonchev–Trinajstić information content (AvgIpc) is 2.07. The second kappa shape index (κ2) is 4.52. The first-order chi connectivity index (χ1) is 6.83. The number of hydrogen-bond donors (Lipinski definition) is 2. The molecule has 0 spiro atoms. The highest BCUT2D eigenvalue weighted by molar-refractivity contribution is 5.67. The smallest absolute Gasteiger partial charge is 0.304 e. The number of hydrogen-bond acceptors (Lipinski definition) is 2. The summed E-state index contributed by atoms with van der Waals surface area (Å²) in [6.45, 7) is 8.69. The van der Waals surface area contributed by atoms with Gasteiger partial charge in [-0.25, -0.2) is 0 Å². The standard InChI is InChI=1S/C12H23NO2/c1-8(2)9-5-6-12(3,4)10(13-9)7-11(14)15/h8-10,13H,5-7H2,1-4H3,(H,14,15)/t9-,10-/m0/s1. The van der Waals surface area contributed by atoms with Gasteiger partial charge in [0.25, 0.3) is 0 Å². The Kier molecular flexibility index (Phi) is 3.77. The van der Waals surface area contributed by atoms with Crippen LogP contribution in [-0.4, -0.2) is 23.2 Å². The van der Waals surface area contributed by atoms with Crippen molar-refractivity contribution < 1.29 is 9.90 Å². The molecule has 15 heavy (non-hydrogen) atoms. The summed E-state index contributed by atoms with van der Waals surface area (Å²) in [5, 5.41) is 12.4. The van der Waals surface area contributed by atoms with Crippen LogP contribution in [-0.2, 0) is 4.79 Å². The third-order valence-electron chi connectivity index (χ3n) is 3.64. The number of aliphatic carboxylic acids is 1. The van der Waals surface area contributed by atoms with Gasteiger partial charge < -0.3 is 10.4 Å². The second-order valence-corrected chi connectivity index (χ2v) is 5.69. The molecule has 0 aromatic carbocycles. The predicted molar refractivity (Wildman–Crippen MR) is 60.8 cm³/mol. The molecule has 0 unspecified atom stereocenters. The zero-order valence-electron chi connectivity index (χ0n) is 10.2. The van der Waals surface area contributed by atoms with Gasteiger partial charge in [0, 0.05) is 12.1 Å². The lowest BCUT2D eigenvalue weighted by molar-refractivity contribution is -0.138. The monoisotopic (exact) mass is 213 g/mol. The summed E-state index contributed by atoms with van der Waals surface area (Å²) in [5.41, 5.74) is 0.101. The number of nitrogens with one attached hydrogen (secondary N) is 1. The van der Waals surface area contributed by atoms with Gasteiger partial charge in [-0.3, -0.25) is 4.79 Å². The quantitative estimate of drug-likeness (QED) is 0.756. The minimum atomic E-state index is -0.704. The van der Waals surface area contributed by atoms with Crippen molar-refractivity contribution in [1.29, 1.82) is 0 Å². The predicted octanol–water partition coefficient (Wildman–Crippen LogP) is 2.26. The Bertz CT molecular complexity index is 236. The van der Waals surface area contributed by atoms with Crippen LogP contribution in [0.25, 0.3) is 0 Å². The lowest BCUT2D eigenvalue weighted by Gasteiger charge is -2.44. The first-order valence-corrected chi connectivity index (χ1v) is 5.81. The van der Waals surface area contributed by atoms with E-state index in [9.17, 15) is 4.79 Å². The van der Waals surface area contributed by atoms with Crippen LogP contribution in [0.1, 0.15) is 47.0 Å². The Balaban J connectivity index is 2.66. The van der Waals surface area contributed by atoms with Crippen LogP contribution >= 0.6 is 0 Å². The van der Waals surface area contributed by atoms with Gasteiger partial charge in [0.05, 0.1) is 6.42 Å². The first-order valence-electron chi connectivity index (χ1n) is 5.81. The maximum absolute atomic E-state index is 10.8. The van der Waals surface area contributed by atoms with Crippen molar-refractivity contribution in [2.75, 3.05) is 0 Å². The molecule has 0 aliphatic carbocycles. The molecule has 1 heterocycles. The maximum Gasteiger partial charge on any atom is 0.304 e. The Morgan fingerprint density at radius 1 is 1.53 bits per heavy atom. The fourth-order valence-corrected chi connectivity index (χ4v) is 2.30. The van der Waals surface area contributed by atoms with Crippen LogP contribution in [0.4, 0.5) is 0 Å². The molecular weight excluding hydrogens is 190 g/mol. The summed E-state index contributed by atoms with van der Waals surface area (Å²) in [7, 11) is 0. The Labute approximate surface area is 92.3 Å².